The molecule has 14 fully saturated rings. The summed E-state index contributed by atoms with van der Waals surface area (Å²) < 4.78 is 7.46. The van der Waals surface area contributed by atoms with Gasteiger partial charge in [0.15, 0.2) is 5.90 Å². The lowest BCUT2D eigenvalue weighted by Gasteiger charge is -2.53. The van der Waals surface area contributed by atoms with Gasteiger partial charge in [-0.2, -0.15) is 0 Å². The van der Waals surface area contributed by atoms with Crippen molar-refractivity contribution in [3.8, 4) is 0 Å². The van der Waals surface area contributed by atoms with Crippen LogP contribution in [-0.2, 0) is 4.74 Å². The van der Waals surface area contributed by atoms with Crippen LogP contribution in [0.4, 0.5) is 0 Å². The highest BCUT2D eigenvalue weighted by molar-refractivity contribution is 5.80. The molecule has 4 nitrogen and oxygen atoms in total. The quantitative estimate of drug-likeness (QED) is 0.254. The Morgan fingerprint density at radius 1 is 0.299 bits per heavy atom. The van der Waals surface area contributed by atoms with E-state index in [2.05, 4.69) is 65.2 Å². The van der Waals surface area contributed by atoms with Gasteiger partial charge in [-0.1, -0.05) is 107 Å². The molecule has 0 aromatic heterocycles. The van der Waals surface area contributed by atoms with E-state index in [9.17, 15) is 0 Å². The third-order valence-electron chi connectivity index (χ3n) is 31.5. The minimum absolute atomic E-state index is 0.326. The molecule has 432 valence electrons. The molecule has 0 spiro atoms. The van der Waals surface area contributed by atoms with Gasteiger partial charge in [0.25, 0.3) is 0 Å². The van der Waals surface area contributed by atoms with Crippen LogP contribution in [-0.4, -0.2) is 64.1 Å². The van der Waals surface area contributed by atoms with E-state index in [-0.39, 0.29) is 0 Å². The molecule has 0 radical (unpaired) electrons. The zero-order valence-electron chi connectivity index (χ0n) is 51.4. The van der Waals surface area contributed by atoms with Crippen molar-refractivity contribution in [2.24, 2.45) is 127 Å². The van der Waals surface area contributed by atoms with Crippen LogP contribution in [0.1, 0.15) is 280 Å². The summed E-state index contributed by atoms with van der Waals surface area (Å²) in [7, 11) is 0. The summed E-state index contributed by atoms with van der Waals surface area (Å²) in [6, 6.07) is 5.05. The van der Waals surface area contributed by atoms with E-state index in [1.165, 1.54) is 205 Å². The van der Waals surface area contributed by atoms with E-state index in [0.29, 0.717) is 45.8 Å². The van der Waals surface area contributed by atoms with Crippen molar-refractivity contribution in [2.45, 2.75) is 329 Å². The maximum Gasteiger partial charge on any atom is 0.187 e. The van der Waals surface area contributed by atoms with Gasteiger partial charge in [-0.3, -0.25) is 9.80 Å². The summed E-state index contributed by atoms with van der Waals surface area (Å²) in [5.74, 6) is 17.7. The average molecular weight is 1050 g/mol. The van der Waals surface area contributed by atoms with Crippen LogP contribution in [0.25, 0.3) is 0 Å². The number of hydrogen-bond acceptors (Lipinski definition) is 4. The smallest absolute Gasteiger partial charge is 0.187 e. The SMILES string of the molecule is CC1(C)C2CCCCC2C2CCC(N(C3CCC(C4=NC5CCC(N(C6CCC7C8CCCCC8C(C)(C)C7C6)C6CCC7C8CCCCC8C(C)(C)C7C6)CC5O4)CC3)C3CCC4C5CCCCC5C(C)(C)C4C3)CC21. The Kier molecular flexibility index (Phi) is 13.8. The van der Waals surface area contributed by atoms with Crippen LogP contribution in [0.5, 0.6) is 0 Å². The van der Waals surface area contributed by atoms with Crippen molar-refractivity contribution in [3.05, 3.63) is 0 Å². The topological polar surface area (TPSA) is 28.1 Å². The van der Waals surface area contributed by atoms with E-state index in [4.69, 9.17) is 9.73 Å². The van der Waals surface area contributed by atoms with Crippen LogP contribution in [0.15, 0.2) is 4.99 Å². The Balaban J connectivity index is 0.651. The van der Waals surface area contributed by atoms with Crippen LogP contribution in [0.2, 0.25) is 0 Å². The molecule has 14 saturated carbocycles. The van der Waals surface area contributed by atoms with Crippen molar-refractivity contribution in [2.75, 3.05) is 0 Å². The zero-order chi connectivity index (χ0) is 52.3. The highest BCUT2D eigenvalue weighted by atomic mass is 16.5. The number of hydrogen-bond donors (Lipinski definition) is 0. The molecule has 0 N–H and O–H groups in total. The first-order chi connectivity index (χ1) is 37.2. The fourth-order valence-electron chi connectivity index (χ4n) is 28.3. The van der Waals surface area contributed by atoms with E-state index >= 15 is 0 Å². The lowest BCUT2D eigenvalue weighted by atomic mass is 9.65. The number of aliphatic imine (C=N–C) groups is 1. The van der Waals surface area contributed by atoms with Crippen LogP contribution >= 0.6 is 0 Å². The first kappa shape index (κ1) is 53.1. The van der Waals surface area contributed by atoms with Crippen molar-refractivity contribution in [1.82, 2.24) is 9.80 Å². The standard InChI is InChI=1S/C73H119N3O/c1-70(2)59-21-13-9-17-51(59)55-34-29-46(39-63(55)70)75(47-30-35-56-52-18-10-14-22-60(52)71(3,4)64(56)40-47)45-27-25-44(26-28-45)69-74-67-38-33-50(43-68(67)77-69)76(48-31-36-57-53-19-11-15-23-61(53)72(5,6)65(57)41-48)49-32-37-58-54-20-12-16-24-62(54)73(7,8)66(58)42-49/h44-68H,9-43H2,1-8H3. The molecule has 23 atom stereocenters. The lowest BCUT2D eigenvalue weighted by molar-refractivity contribution is -0.0462. The summed E-state index contributed by atoms with van der Waals surface area (Å²) in [5, 5.41) is 0. The second kappa shape index (κ2) is 20.0. The lowest BCUT2D eigenvalue weighted by Crippen LogP contribution is -2.57. The summed E-state index contributed by atoms with van der Waals surface area (Å²) in [6.45, 7) is 22.1. The van der Waals surface area contributed by atoms with Gasteiger partial charge in [0.1, 0.15) is 6.10 Å². The molecule has 15 rings (SSSR count). The fraction of sp³-hybridized carbons (Fsp3) is 0.986. The Hall–Kier alpha value is -0.610. The van der Waals surface area contributed by atoms with E-state index in [1.807, 2.05) is 0 Å². The van der Waals surface area contributed by atoms with Gasteiger partial charge in [0.05, 0.1) is 6.04 Å². The Labute approximate surface area is 473 Å². The van der Waals surface area contributed by atoms with Gasteiger partial charge >= 0.3 is 0 Å². The predicted octanol–water partition coefficient (Wildman–Crippen LogP) is 18.4. The van der Waals surface area contributed by atoms with Crippen LogP contribution in [0.3, 0.4) is 0 Å². The molecule has 14 aliphatic carbocycles. The molecular formula is C73H119N3O. The molecule has 0 saturated heterocycles. The molecule has 0 aromatic rings. The Morgan fingerprint density at radius 3 is 0.948 bits per heavy atom. The van der Waals surface area contributed by atoms with Crippen LogP contribution in [0, 0.1) is 122 Å². The number of fused-ring (bicyclic) bond motifs is 13. The van der Waals surface area contributed by atoms with Gasteiger partial charge in [0.2, 0.25) is 0 Å². The van der Waals surface area contributed by atoms with Crippen LogP contribution < -0.4 is 0 Å². The molecule has 0 aromatic carbocycles. The zero-order valence-corrected chi connectivity index (χ0v) is 51.4. The molecule has 15 aliphatic rings. The van der Waals surface area contributed by atoms with Gasteiger partial charge in [-0.05, 0) is 283 Å². The minimum Gasteiger partial charge on any atom is -0.475 e. The molecule has 1 aliphatic heterocycles. The fourth-order valence-corrected chi connectivity index (χ4v) is 28.3. The molecular weight excluding hydrogens is 935 g/mol. The van der Waals surface area contributed by atoms with Gasteiger partial charge in [-0.15, -0.1) is 0 Å². The van der Waals surface area contributed by atoms with E-state index in [1.54, 1.807) is 25.7 Å². The highest BCUT2D eigenvalue weighted by Gasteiger charge is 2.63. The summed E-state index contributed by atoms with van der Waals surface area (Å²) >= 11 is 0. The third kappa shape index (κ3) is 8.51. The van der Waals surface area contributed by atoms with Crippen molar-refractivity contribution >= 4 is 5.90 Å². The highest BCUT2D eigenvalue weighted by Crippen LogP contribution is 2.69. The minimum atomic E-state index is 0.326. The van der Waals surface area contributed by atoms with Gasteiger partial charge < -0.3 is 4.74 Å². The molecule has 4 heteroatoms. The average Bonchev–Trinajstić information content (AvgIpc) is 4.36. The summed E-state index contributed by atoms with van der Waals surface area (Å²) in [4.78, 5) is 12.5. The molecule has 23 unspecified atom stereocenters. The first-order valence-electron chi connectivity index (χ1n) is 36.0. The number of nitrogens with zero attached hydrogens (tertiary/aromatic N) is 3. The molecule has 0 bridgehead atoms. The van der Waals surface area contributed by atoms with Gasteiger partial charge in [0, 0.05) is 48.6 Å². The maximum absolute atomic E-state index is 7.46. The predicted molar refractivity (Wildman–Crippen MR) is 319 cm³/mol. The Bertz CT molecular complexity index is 2030. The summed E-state index contributed by atoms with van der Waals surface area (Å²) in [6.07, 6.45) is 52.1. The molecule has 1 heterocycles. The normalized spacial score (nSPS) is 52.9. The summed E-state index contributed by atoms with van der Waals surface area (Å²) in [5.41, 5.74) is 2.09. The van der Waals surface area contributed by atoms with Crippen molar-refractivity contribution < 1.29 is 4.74 Å². The first-order valence-corrected chi connectivity index (χ1v) is 36.0. The van der Waals surface area contributed by atoms with Crippen molar-refractivity contribution in [3.63, 3.8) is 0 Å². The maximum atomic E-state index is 7.46. The van der Waals surface area contributed by atoms with E-state index in [0.717, 1.165) is 125 Å². The van der Waals surface area contributed by atoms with E-state index < -0.39 is 0 Å². The second-order valence-corrected chi connectivity index (χ2v) is 35.0. The van der Waals surface area contributed by atoms with Gasteiger partial charge in [-0.25, -0.2) is 4.99 Å². The molecule has 0 amide bonds. The monoisotopic (exact) mass is 1050 g/mol. The number of rotatable bonds is 7. The Morgan fingerprint density at radius 2 is 0.584 bits per heavy atom. The second-order valence-electron chi connectivity index (χ2n) is 35.0. The third-order valence-corrected chi connectivity index (χ3v) is 31.5. The molecule has 77 heavy (non-hydrogen) atoms. The largest absolute Gasteiger partial charge is 0.475 e. The van der Waals surface area contributed by atoms with Crippen molar-refractivity contribution in [1.29, 1.82) is 0 Å². The number of ether oxygens (including phenoxy) is 1.